The van der Waals surface area contributed by atoms with Gasteiger partial charge in [0.05, 0.1) is 4.90 Å². The molecule has 3 unspecified atom stereocenters. The molecule has 2 N–H and O–H groups in total. The SMILES string of the molecule is CC1CCCN(C(C)c2ccc(S(C)(=O)=O)cc2)C1CN. The molecule has 118 valence electrons. The second-order valence-corrected chi connectivity index (χ2v) is 8.19. The third kappa shape index (κ3) is 3.65. The summed E-state index contributed by atoms with van der Waals surface area (Å²) in [6, 6.07) is 7.91. The minimum atomic E-state index is -3.13. The van der Waals surface area contributed by atoms with Gasteiger partial charge in [0, 0.05) is 24.9 Å². The van der Waals surface area contributed by atoms with E-state index < -0.39 is 9.84 Å². The molecule has 2 rings (SSSR count). The van der Waals surface area contributed by atoms with Crippen LogP contribution in [0.25, 0.3) is 0 Å². The number of hydrogen-bond donors (Lipinski definition) is 1. The van der Waals surface area contributed by atoms with Crippen molar-refractivity contribution >= 4 is 9.84 Å². The van der Waals surface area contributed by atoms with Crippen molar-refractivity contribution in [2.24, 2.45) is 11.7 Å². The zero-order valence-corrected chi connectivity index (χ0v) is 13.9. The highest BCUT2D eigenvalue weighted by Crippen LogP contribution is 2.31. The Bertz CT molecular complexity index is 568. The van der Waals surface area contributed by atoms with E-state index in [0.717, 1.165) is 12.1 Å². The van der Waals surface area contributed by atoms with E-state index >= 15 is 0 Å². The molecule has 1 aliphatic heterocycles. The number of likely N-dealkylation sites (tertiary alicyclic amines) is 1. The summed E-state index contributed by atoms with van der Waals surface area (Å²) in [6.07, 6.45) is 3.67. The van der Waals surface area contributed by atoms with Crippen molar-refractivity contribution in [3.05, 3.63) is 29.8 Å². The molecule has 0 spiro atoms. The van der Waals surface area contributed by atoms with Crippen molar-refractivity contribution in [2.45, 2.75) is 43.7 Å². The fourth-order valence-electron chi connectivity index (χ4n) is 3.31. The van der Waals surface area contributed by atoms with Gasteiger partial charge in [0.15, 0.2) is 9.84 Å². The van der Waals surface area contributed by atoms with Crippen LogP contribution in [0.15, 0.2) is 29.2 Å². The Balaban J connectivity index is 2.21. The first-order chi connectivity index (χ1) is 9.84. The van der Waals surface area contributed by atoms with Crippen molar-refractivity contribution in [1.82, 2.24) is 4.90 Å². The zero-order valence-electron chi connectivity index (χ0n) is 13.1. The smallest absolute Gasteiger partial charge is 0.175 e. The van der Waals surface area contributed by atoms with Gasteiger partial charge in [-0.15, -0.1) is 0 Å². The molecule has 0 aromatic heterocycles. The van der Waals surface area contributed by atoms with Gasteiger partial charge in [0.1, 0.15) is 0 Å². The number of rotatable bonds is 4. The minimum absolute atomic E-state index is 0.259. The van der Waals surface area contributed by atoms with Crippen LogP contribution in [0.5, 0.6) is 0 Å². The van der Waals surface area contributed by atoms with E-state index in [1.165, 1.54) is 19.1 Å². The van der Waals surface area contributed by atoms with Gasteiger partial charge in [-0.05, 0) is 49.9 Å². The highest BCUT2D eigenvalue weighted by molar-refractivity contribution is 7.90. The summed E-state index contributed by atoms with van der Waals surface area (Å²) in [5, 5.41) is 0. The summed E-state index contributed by atoms with van der Waals surface area (Å²) < 4.78 is 23.1. The van der Waals surface area contributed by atoms with Gasteiger partial charge in [-0.1, -0.05) is 19.1 Å². The second kappa shape index (κ2) is 6.46. The normalized spacial score (nSPS) is 25.7. The van der Waals surface area contributed by atoms with Gasteiger partial charge in [0.25, 0.3) is 0 Å². The highest BCUT2D eigenvalue weighted by atomic mass is 32.2. The van der Waals surface area contributed by atoms with E-state index in [-0.39, 0.29) is 6.04 Å². The van der Waals surface area contributed by atoms with Crippen LogP contribution in [0, 0.1) is 5.92 Å². The molecule has 0 amide bonds. The number of benzene rings is 1. The summed E-state index contributed by atoms with van der Waals surface area (Å²) in [7, 11) is -3.13. The molecule has 1 saturated heterocycles. The van der Waals surface area contributed by atoms with Gasteiger partial charge in [-0.25, -0.2) is 8.42 Å². The Morgan fingerprint density at radius 2 is 1.95 bits per heavy atom. The van der Waals surface area contributed by atoms with Crippen molar-refractivity contribution in [3.8, 4) is 0 Å². The van der Waals surface area contributed by atoms with Crippen molar-refractivity contribution < 1.29 is 8.42 Å². The van der Waals surface area contributed by atoms with Crippen molar-refractivity contribution in [1.29, 1.82) is 0 Å². The number of nitrogens with zero attached hydrogens (tertiary/aromatic N) is 1. The van der Waals surface area contributed by atoms with E-state index in [9.17, 15) is 8.42 Å². The van der Waals surface area contributed by atoms with Crippen molar-refractivity contribution in [2.75, 3.05) is 19.3 Å². The van der Waals surface area contributed by atoms with E-state index in [1.807, 2.05) is 12.1 Å². The number of nitrogens with two attached hydrogens (primary N) is 1. The Kier molecular flexibility index (Phi) is 5.07. The topological polar surface area (TPSA) is 63.4 Å². The maximum absolute atomic E-state index is 11.5. The summed E-state index contributed by atoms with van der Waals surface area (Å²) >= 11 is 0. The summed E-state index contributed by atoms with van der Waals surface area (Å²) in [5.41, 5.74) is 7.11. The third-order valence-electron chi connectivity index (χ3n) is 4.69. The first-order valence-corrected chi connectivity index (χ1v) is 9.49. The van der Waals surface area contributed by atoms with Gasteiger partial charge < -0.3 is 5.73 Å². The van der Waals surface area contributed by atoms with E-state index in [2.05, 4.69) is 18.7 Å². The van der Waals surface area contributed by atoms with Crippen LogP contribution < -0.4 is 5.73 Å². The molecule has 1 aromatic carbocycles. The molecule has 5 heteroatoms. The molecule has 3 atom stereocenters. The lowest BCUT2D eigenvalue weighted by molar-refractivity contribution is 0.0689. The monoisotopic (exact) mass is 310 g/mol. The molecule has 4 nitrogen and oxygen atoms in total. The molecule has 0 bridgehead atoms. The fraction of sp³-hybridized carbons (Fsp3) is 0.625. The Morgan fingerprint density at radius 1 is 1.33 bits per heavy atom. The largest absolute Gasteiger partial charge is 0.329 e. The van der Waals surface area contributed by atoms with Crippen LogP contribution in [0.3, 0.4) is 0 Å². The Labute approximate surface area is 128 Å². The molecule has 0 saturated carbocycles. The van der Waals surface area contributed by atoms with E-state index in [4.69, 9.17) is 5.73 Å². The predicted molar refractivity (Wildman–Crippen MR) is 85.9 cm³/mol. The number of sulfone groups is 1. The lowest BCUT2D eigenvalue weighted by atomic mass is 9.88. The van der Waals surface area contributed by atoms with Gasteiger partial charge >= 0.3 is 0 Å². The molecule has 21 heavy (non-hydrogen) atoms. The lowest BCUT2D eigenvalue weighted by Crippen LogP contribution is -2.49. The van der Waals surface area contributed by atoms with E-state index in [1.54, 1.807) is 12.1 Å². The molecule has 0 aliphatic carbocycles. The Morgan fingerprint density at radius 3 is 2.48 bits per heavy atom. The van der Waals surface area contributed by atoms with E-state index in [0.29, 0.717) is 23.4 Å². The standard InChI is InChI=1S/C16H26N2O2S/c1-12-5-4-10-18(16(12)11-17)13(2)14-6-8-15(9-7-14)21(3,19)20/h6-9,12-13,16H,4-5,10-11,17H2,1-3H3. The van der Waals surface area contributed by atoms with Crippen LogP contribution in [0.1, 0.15) is 38.3 Å². The second-order valence-electron chi connectivity index (χ2n) is 6.18. The van der Waals surface area contributed by atoms with Crippen LogP contribution in [-0.2, 0) is 9.84 Å². The quantitative estimate of drug-likeness (QED) is 0.926. The average molecular weight is 310 g/mol. The maximum atomic E-state index is 11.5. The molecule has 0 radical (unpaired) electrons. The molecular weight excluding hydrogens is 284 g/mol. The first kappa shape index (κ1) is 16.5. The maximum Gasteiger partial charge on any atom is 0.175 e. The predicted octanol–water partition coefficient (Wildman–Crippen LogP) is 2.21. The lowest BCUT2D eigenvalue weighted by Gasteiger charge is -2.43. The first-order valence-electron chi connectivity index (χ1n) is 7.60. The highest BCUT2D eigenvalue weighted by Gasteiger charge is 2.31. The fourth-order valence-corrected chi connectivity index (χ4v) is 3.94. The molecular formula is C16H26N2O2S. The number of piperidine rings is 1. The third-order valence-corrected chi connectivity index (χ3v) is 5.82. The summed E-state index contributed by atoms with van der Waals surface area (Å²) in [6.45, 7) is 6.17. The number of hydrogen-bond acceptors (Lipinski definition) is 4. The molecule has 1 fully saturated rings. The van der Waals surface area contributed by atoms with Crippen molar-refractivity contribution in [3.63, 3.8) is 0 Å². The zero-order chi connectivity index (χ0) is 15.6. The van der Waals surface area contributed by atoms with Crippen LogP contribution in [0.2, 0.25) is 0 Å². The molecule has 1 aliphatic rings. The average Bonchev–Trinajstić information content (AvgIpc) is 2.45. The molecule has 1 heterocycles. The van der Waals surface area contributed by atoms with Gasteiger partial charge in [-0.2, -0.15) is 0 Å². The summed E-state index contributed by atoms with van der Waals surface area (Å²) in [5.74, 6) is 0.612. The molecule has 1 aromatic rings. The van der Waals surface area contributed by atoms with Crippen LogP contribution >= 0.6 is 0 Å². The van der Waals surface area contributed by atoms with Crippen LogP contribution in [-0.4, -0.2) is 38.7 Å². The van der Waals surface area contributed by atoms with Gasteiger partial charge in [-0.3, -0.25) is 4.90 Å². The summed E-state index contributed by atoms with van der Waals surface area (Å²) in [4.78, 5) is 2.84. The minimum Gasteiger partial charge on any atom is -0.329 e. The Hall–Kier alpha value is -0.910. The van der Waals surface area contributed by atoms with Crippen LogP contribution in [0.4, 0.5) is 0 Å². The van der Waals surface area contributed by atoms with Gasteiger partial charge in [0.2, 0.25) is 0 Å².